The van der Waals surface area contributed by atoms with Gasteiger partial charge < -0.3 is 14.5 Å². The van der Waals surface area contributed by atoms with Gasteiger partial charge in [0.25, 0.3) is 0 Å². The minimum absolute atomic E-state index is 0.624. The second-order valence-corrected chi connectivity index (χ2v) is 5.85. The number of ether oxygens (including phenoxy) is 1. The van der Waals surface area contributed by atoms with E-state index in [0.29, 0.717) is 6.61 Å². The minimum Gasteiger partial charge on any atom is -0.492 e. The van der Waals surface area contributed by atoms with E-state index in [1.54, 1.807) is 6.26 Å². The maximum atomic E-state index is 5.80. The number of furan rings is 1. The van der Waals surface area contributed by atoms with Crippen molar-refractivity contribution in [3.63, 3.8) is 0 Å². The Balaban J connectivity index is 1.90. The Morgan fingerprint density at radius 3 is 2.96 bits per heavy atom. The van der Waals surface area contributed by atoms with Gasteiger partial charge in [-0.3, -0.25) is 0 Å². The van der Waals surface area contributed by atoms with E-state index >= 15 is 0 Å². The van der Waals surface area contributed by atoms with Crippen LogP contribution in [0.5, 0.6) is 5.75 Å². The number of benzene rings is 1. The predicted octanol–water partition coefficient (Wildman–Crippen LogP) is 4.28. The van der Waals surface area contributed by atoms with Crippen molar-refractivity contribution in [1.29, 1.82) is 0 Å². The van der Waals surface area contributed by atoms with Gasteiger partial charge >= 0.3 is 0 Å². The zero-order valence-electron chi connectivity index (χ0n) is 13.8. The Kier molecular flexibility index (Phi) is 3.99. The van der Waals surface area contributed by atoms with Gasteiger partial charge in [0.2, 0.25) is 0 Å². The van der Waals surface area contributed by atoms with Gasteiger partial charge in [-0.05, 0) is 50.5 Å². The summed E-state index contributed by atoms with van der Waals surface area (Å²) in [5.74, 6) is 2.69. The van der Waals surface area contributed by atoms with Gasteiger partial charge in [0, 0.05) is 12.1 Å². The Hall–Kier alpha value is -2.69. The van der Waals surface area contributed by atoms with Crippen LogP contribution < -0.4 is 10.1 Å². The normalized spacial score (nSPS) is 13.9. The van der Waals surface area contributed by atoms with Crippen LogP contribution in [0.3, 0.4) is 0 Å². The molecule has 0 aliphatic carbocycles. The summed E-state index contributed by atoms with van der Waals surface area (Å²) in [4.78, 5) is 0. The molecule has 0 unspecified atom stereocenters. The minimum atomic E-state index is 0.624. The summed E-state index contributed by atoms with van der Waals surface area (Å²) in [5, 5.41) is 8.42. The summed E-state index contributed by atoms with van der Waals surface area (Å²) in [6.07, 6.45) is 4.99. The molecule has 2 aromatic heterocycles. The highest BCUT2D eigenvalue weighted by molar-refractivity contribution is 5.69. The molecule has 24 heavy (non-hydrogen) atoms. The van der Waals surface area contributed by atoms with Crippen molar-refractivity contribution < 1.29 is 9.15 Å². The molecule has 0 fully saturated rings. The summed E-state index contributed by atoms with van der Waals surface area (Å²) in [7, 11) is 0. The third-order valence-corrected chi connectivity index (χ3v) is 4.28. The van der Waals surface area contributed by atoms with Crippen molar-refractivity contribution >= 4 is 5.82 Å². The van der Waals surface area contributed by atoms with Crippen LogP contribution >= 0.6 is 0 Å². The molecule has 1 aromatic carbocycles. The molecule has 0 atom stereocenters. The van der Waals surface area contributed by atoms with Crippen LogP contribution in [0.1, 0.15) is 25.3 Å². The third-order valence-electron chi connectivity index (χ3n) is 4.28. The monoisotopic (exact) mass is 323 g/mol. The molecule has 1 aliphatic rings. The van der Waals surface area contributed by atoms with Gasteiger partial charge in [-0.15, -0.1) is 0 Å². The molecule has 0 bridgehead atoms. The molecule has 3 heterocycles. The van der Waals surface area contributed by atoms with E-state index in [0.717, 1.165) is 54.5 Å². The predicted molar refractivity (Wildman–Crippen MR) is 93.9 cm³/mol. The molecule has 3 aromatic rings. The van der Waals surface area contributed by atoms with E-state index in [-0.39, 0.29) is 0 Å². The first kappa shape index (κ1) is 14.9. The van der Waals surface area contributed by atoms with Crippen LogP contribution in [0, 0.1) is 0 Å². The van der Waals surface area contributed by atoms with Gasteiger partial charge in [0.1, 0.15) is 22.9 Å². The van der Waals surface area contributed by atoms with Crippen LogP contribution in [0.4, 0.5) is 5.82 Å². The van der Waals surface area contributed by atoms with Gasteiger partial charge in [-0.2, -0.15) is 5.10 Å². The van der Waals surface area contributed by atoms with Crippen LogP contribution in [-0.4, -0.2) is 22.9 Å². The molecular formula is C19H21N3O2. The Bertz CT molecular complexity index is 821. The largest absolute Gasteiger partial charge is 0.492 e. The second-order valence-electron chi connectivity index (χ2n) is 5.85. The van der Waals surface area contributed by atoms with Crippen LogP contribution in [0.15, 0.2) is 47.1 Å². The number of fused-ring (bicyclic) bond motifs is 1. The van der Waals surface area contributed by atoms with Crippen molar-refractivity contribution in [2.75, 3.05) is 18.5 Å². The summed E-state index contributed by atoms with van der Waals surface area (Å²) >= 11 is 0. The fraction of sp³-hybridized carbons (Fsp3) is 0.316. The van der Waals surface area contributed by atoms with Gasteiger partial charge in [-0.25, -0.2) is 4.68 Å². The molecule has 0 spiro atoms. The average molecular weight is 323 g/mol. The van der Waals surface area contributed by atoms with Gasteiger partial charge in [0.05, 0.1) is 12.9 Å². The lowest BCUT2D eigenvalue weighted by Gasteiger charge is -2.13. The zero-order valence-corrected chi connectivity index (χ0v) is 13.8. The molecule has 1 N–H and O–H groups in total. The van der Waals surface area contributed by atoms with Crippen molar-refractivity contribution in [1.82, 2.24) is 9.78 Å². The highest BCUT2D eigenvalue weighted by Gasteiger charge is 2.24. The zero-order chi connectivity index (χ0) is 16.4. The van der Waals surface area contributed by atoms with E-state index < -0.39 is 0 Å². The molecule has 0 saturated heterocycles. The topological polar surface area (TPSA) is 52.2 Å². The molecule has 1 aliphatic heterocycles. The highest BCUT2D eigenvalue weighted by Crippen LogP contribution is 2.36. The van der Waals surface area contributed by atoms with Gasteiger partial charge in [0.15, 0.2) is 5.76 Å². The maximum Gasteiger partial charge on any atom is 0.154 e. The number of hydrogen-bond donors (Lipinski definition) is 1. The molecule has 4 rings (SSSR count). The van der Waals surface area contributed by atoms with E-state index in [1.165, 1.54) is 5.56 Å². The van der Waals surface area contributed by atoms with E-state index in [4.69, 9.17) is 14.3 Å². The molecule has 124 valence electrons. The lowest BCUT2D eigenvalue weighted by Crippen LogP contribution is -2.08. The lowest BCUT2D eigenvalue weighted by molar-refractivity contribution is 0.338. The SMILES string of the molecule is CCOc1ccccc1-n1nc(-c2ccco2)c2c1NCCCC2. The molecule has 5 heteroatoms. The molecule has 0 radical (unpaired) electrons. The highest BCUT2D eigenvalue weighted by atomic mass is 16.5. The number of rotatable bonds is 4. The molecule has 0 saturated carbocycles. The van der Waals surface area contributed by atoms with E-state index in [2.05, 4.69) is 5.32 Å². The van der Waals surface area contributed by atoms with Crippen molar-refractivity contribution in [2.45, 2.75) is 26.2 Å². The van der Waals surface area contributed by atoms with Crippen LogP contribution in [-0.2, 0) is 6.42 Å². The van der Waals surface area contributed by atoms with E-state index in [9.17, 15) is 0 Å². The van der Waals surface area contributed by atoms with Crippen molar-refractivity contribution in [3.8, 4) is 22.9 Å². The Morgan fingerprint density at radius 2 is 2.12 bits per heavy atom. The number of anilines is 1. The summed E-state index contributed by atoms with van der Waals surface area (Å²) in [6.45, 7) is 3.57. The smallest absolute Gasteiger partial charge is 0.154 e. The van der Waals surface area contributed by atoms with Crippen LogP contribution in [0.25, 0.3) is 17.1 Å². The fourth-order valence-corrected chi connectivity index (χ4v) is 3.20. The molecule has 0 amide bonds. The Labute approximate surface area is 141 Å². The Morgan fingerprint density at radius 1 is 1.21 bits per heavy atom. The first-order chi connectivity index (χ1) is 11.9. The lowest BCUT2D eigenvalue weighted by atomic mass is 10.1. The first-order valence-corrected chi connectivity index (χ1v) is 8.50. The van der Waals surface area contributed by atoms with Gasteiger partial charge in [-0.1, -0.05) is 12.1 Å². The van der Waals surface area contributed by atoms with Crippen molar-refractivity contribution in [2.24, 2.45) is 0 Å². The number of nitrogens with one attached hydrogen (secondary N) is 1. The quantitative estimate of drug-likeness (QED) is 0.778. The number of nitrogens with zero attached hydrogens (tertiary/aromatic N) is 2. The van der Waals surface area contributed by atoms with Crippen molar-refractivity contribution in [3.05, 3.63) is 48.2 Å². The number of para-hydroxylation sites is 2. The summed E-state index contributed by atoms with van der Waals surface area (Å²) in [6, 6.07) is 11.9. The second kappa shape index (κ2) is 6.43. The maximum absolute atomic E-state index is 5.80. The standard InChI is InChI=1S/C19H21N3O2/c1-2-23-16-10-4-3-9-15(16)22-19-14(8-5-6-12-20-19)18(21-22)17-11-7-13-24-17/h3-4,7,9-11,13,20H,2,5-6,8,12H2,1H3. The summed E-state index contributed by atoms with van der Waals surface area (Å²) < 4.78 is 13.4. The average Bonchev–Trinajstić information content (AvgIpc) is 3.18. The number of aromatic nitrogens is 2. The summed E-state index contributed by atoms with van der Waals surface area (Å²) in [5.41, 5.74) is 3.08. The number of hydrogen-bond acceptors (Lipinski definition) is 4. The van der Waals surface area contributed by atoms with E-state index in [1.807, 2.05) is 48.0 Å². The first-order valence-electron chi connectivity index (χ1n) is 8.50. The van der Waals surface area contributed by atoms with Crippen LogP contribution in [0.2, 0.25) is 0 Å². The molecular weight excluding hydrogens is 302 g/mol. The third kappa shape index (κ3) is 2.56. The fourth-order valence-electron chi connectivity index (χ4n) is 3.20. The molecule has 5 nitrogen and oxygen atoms in total.